The minimum Gasteiger partial charge on any atom is -0.381 e. The molecule has 0 radical (unpaired) electrons. The Labute approximate surface area is 208 Å². The van der Waals surface area contributed by atoms with Crippen molar-refractivity contribution in [2.45, 2.75) is 31.7 Å². The predicted molar refractivity (Wildman–Crippen MR) is 143 cm³/mol. The van der Waals surface area contributed by atoms with Crippen LogP contribution < -0.4 is 10.6 Å². The molecular formula is C24H37IN4OS. The van der Waals surface area contributed by atoms with Gasteiger partial charge in [0.2, 0.25) is 0 Å². The molecule has 1 fully saturated rings. The number of piperidine rings is 1. The molecule has 3 rings (SSSR count). The van der Waals surface area contributed by atoms with Crippen LogP contribution in [0.5, 0.6) is 0 Å². The van der Waals surface area contributed by atoms with Gasteiger partial charge in [-0.2, -0.15) is 0 Å². The lowest BCUT2D eigenvalue weighted by Gasteiger charge is -2.39. The first-order valence-electron chi connectivity index (χ1n) is 11.1. The number of nitrogens with zero attached hydrogens (tertiary/aromatic N) is 2. The summed E-state index contributed by atoms with van der Waals surface area (Å²) >= 11 is 1.87. The van der Waals surface area contributed by atoms with Gasteiger partial charge in [0.1, 0.15) is 0 Å². The van der Waals surface area contributed by atoms with E-state index in [0.29, 0.717) is 12.0 Å². The molecule has 5 nitrogen and oxygen atoms in total. The summed E-state index contributed by atoms with van der Waals surface area (Å²) in [4.78, 5) is 8.37. The number of thiophene rings is 1. The summed E-state index contributed by atoms with van der Waals surface area (Å²) in [6.07, 6.45) is 4.46. The van der Waals surface area contributed by atoms with E-state index in [9.17, 15) is 0 Å². The third-order valence-corrected chi connectivity index (χ3v) is 6.68. The van der Waals surface area contributed by atoms with Crippen molar-refractivity contribution >= 4 is 41.3 Å². The number of aliphatic imine (C=N–C) groups is 1. The largest absolute Gasteiger partial charge is 0.381 e. The third-order valence-electron chi connectivity index (χ3n) is 5.73. The highest BCUT2D eigenvalue weighted by Gasteiger charge is 2.31. The van der Waals surface area contributed by atoms with Crippen LogP contribution in [-0.4, -0.2) is 57.8 Å². The number of nitrogens with one attached hydrogen (secondary N) is 2. The fraction of sp³-hybridized carbons (Fsp3) is 0.542. The van der Waals surface area contributed by atoms with Crippen molar-refractivity contribution < 1.29 is 4.74 Å². The summed E-state index contributed by atoms with van der Waals surface area (Å²) in [6.45, 7) is 4.53. The molecule has 2 aromatic rings. The first kappa shape index (κ1) is 26.1. The Morgan fingerprint density at radius 2 is 2.00 bits per heavy atom. The molecule has 7 heteroatoms. The van der Waals surface area contributed by atoms with Gasteiger partial charge >= 0.3 is 0 Å². The molecule has 1 aromatic carbocycles. The van der Waals surface area contributed by atoms with Crippen LogP contribution in [0.1, 0.15) is 35.7 Å². The second-order valence-corrected chi connectivity index (χ2v) is 8.90. The minimum absolute atomic E-state index is 0. The summed E-state index contributed by atoms with van der Waals surface area (Å²) in [5, 5.41) is 9.16. The smallest absolute Gasteiger partial charge is 0.190 e. The summed E-state index contributed by atoms with van der Waals surface area (Å²) in [6, 6.07) is 15.4. The fourth-order valence-electron chi connectivity index (χ4n) is 4.15. The Morgan fingerprint density at radius 3 is 2.74 bits per heavy atom. The molecule has 0 amide bonds. The first-order chi connectivity index (χ1) is 14.8. The molecule has 1 saturated heterocycles. The predicted octanol–water partition coefficient (Wildman–Crippen LogP) is 4.56. The van der Waals surface area contributed by atoms with E-state index in [2.05, 4.69) is 69.4 Å². The maximum Gasteiger partial charge on any atom is 0.190 e. The molecule has 2 N–H and O–H groups in total. The SMILES string of the molecule is CN=C(NCCCOCCc1ccccc1)NCC1CCCN(C)C1c1cccs1.I. The Morgan fingerprint density at radius 1 is 1.16 bits per heavy atom. The molecule has 172 valence electrons. The van der Waals surface area contributed by atoms with Crippen molar-refractivity contribution in [3.63, 3.8) is 0 Å². The topological polar surface area (TPSA) is 48.9 Å². The lowest BCUT2D eigenvalue weighted by atomic mass is 9.88. The number of halogens is 1. The van der Waals surface area contributed by atoms with E-state index in [1.165, 1.54) is 29.8 Å². The average Bonchev–Trinajstić information content (AvgIpc) is 3.30. The molecular weight excluding hydrogens is 519 g/mol. The molecule has 0 saturated carbocycles. The maximum atomic E-state index is 5.77. The van der Waals surface area contributed by atoms with Crippen molar-refractivity contribution in [1.29, 1.82) is 0 Å². The van der Waals surface area contributed by atoms with Crippen LogP contribution in [0.25, 0.3) is 0 Å². The zero-order valence-corrected chi connectivity index (χ0v) is 21.9. The molecule has 0 spiro atoms. The van der Waals surface area contributed by atoms with Gasteiger partial charge in [-0.1, -0.05) is 36.4 Å². The molecule has 2 unspecified atom stereocenters. The van der Waals surface area contributed by atoms with Crippen molar-refractivity contribution in [2.24, 2.45) is 10.9 Å². The van der Waals surface area contributed by atoms with Gasteiger partial charge < -0.3 is 15.4 Å². The second-order valence-electron chi connectivity index (χ2n) is 7.92. The molecule has 1 aliphatic heterocycles. The van der Waals surface area contributed by atoms with Crippen molar-refractivity contribution in [1.82, 2.24) is 15.5 Å². The van der Waals surface area contributed by atoms with E-state index in [0.717, 1.165) is 45.1 Å². The van der Waals surface area contributed by atoms with Crippen molar-refractivity contribution in [3.05, 3.63) is 58.3 Å². The van der Waals surface area contributed by atoms with Crippen LogP contribution in [0, 0.1) is 5.92 Å². The molecule has 1 aromatic heterocycles. The Hall–Kier alpha value is -1.16. The molecule has 1 aliphatic rings. The Balaban J connectivity index is 0.00000341. The normalized spacial score (nSPS) is 19.6. The van der Waals surface area contributed by atoms with Crippen LogP contribution >= 0.6 is 35.3 Å². The summed E-state index contributed by atoms with van der Waals surface area (Å²) in [5.74, 6) is 1.49. The van der Waals surface area contributed by atoms with Gasteiger partial charge in [-0.15, -0.1) is 35.3 Å². The molecule has 2 heterocycles. The number of hydrogen-bond acceptors (Lipinski definition) is 4. The molecule has 0 aliphatic carbocycles. The minimum atomic E-state index is 0. The quantitative estimate of drug-likeness (QED) is 0.195. The zero-order valence-electron chi connectivity index (χ0n) is 18.8. The highest BCUT2D eigenvalue weighted by molar-refractivity contribution is 14.0. The van der Waals surface area contributed by atoms with E-state index in [1.807, 2.05) is 24.5 Å². The van der Waals surface area contributed by atoms with Crippen LogP contribution in [0.4, 0.5) is 0 Å². The Kier molecular flexibility index (Phi) is 12.5. The lowest BCUT2D eigenvalue weighted by molar-refractivity contribution is 0.125. The van der Waals surface area contributed by atoms with Crippen LogP contribution in [0.15, 0.2) is 52.8 Å². The van der Waals surface area contributed by atoms with Crippen molar-refractivity contribution in [3.8, 4) is 0 Å². The van der Waals surface area contributed by atoms with E-state index in [4.69, 9.17) is 4.74 Å². The van der Waals surface area contributed by atoms with Gasteiger partial charge in [-0.05, 0) is 62.2 Å². The number of guanidine groups is 1. The summed E-state index contributed by atoms with van der Waals surface area (Å²) in [5.41, 5.74) is 1.33. The van der Waals surface area contributed by atoms with Gasteiger partial charge in [0.05, 0.1) is 6.61 Å². The molecule has 0 bridgehead atoms. The monoisotopic (exact) mass is 556 g/mol. The number of likely N-dealkylation sites (tertiary alicyclic amines) is 1. The van der Waals surface area contributed by atoms with E-state index in [-0.39, 0.29) is 24.0 Å². The summed E-state index contributed by atoms with van der Waals surface area (Å²) in [7, 11) is 4.09. The molecule has 31 heavy (non-hydrogen) atoms. The van der Waals surface area contributed by atoms with Crippen molar-refractivity contribution in [2.75, 3.05) is 46.9 Å². The fourth-order valence-corrected chi connectivity index (χ4v) is 5.13. The van der Waals surface area contributed by atoms with E-state index in [1.54, 1.807) is 0 Å². The maximum absolute atomic E-state index is 5.77. The first-order valence-corrected chi connectivity index (χ1v) is 12.0. The molecule has 2 atom stereocenters. The number of rotatable bonds is 10. The zero-order chi connectivity index (χ0) is 21.0. The van der Waals surface area contributed by atoms with Gasteiger partial charge in [0, 0.05) is 37.7 Å². The van der Waals surface area contributed by atoms with Gasteiger partial charge in [0.15, 0.2) is 5.96 Å². The third kappa shape index (κ3) is 8.71. The summed E-state index contributed by atoms with van der Waals surface area (Å²) < 4.78 is 5.77. The number of benzene rings is 1. The Bertz CT molecular complexity index is 741. The lowest BCUT2D eigenvalue weighted by Crippen LogP contribution is -2.45. The van der Waals surface area contributed by atoms with Crippen LogP contribution in [-0.2, 0) is 11.2 Å². The second kappa shape index (κ2) is 14.8. The number of hydrogen-bond donors (Lipinski definition) is 2. The van der Waals surface area contributed by atoms with Gasteiger partial charge in [-0.25, -0.2) is 0 Å². The van der Waals surface area contributed by atoms with E-state index < -0.39 is 0 Å². The highest BCUT2D eigenvalue weighted by atomic mass is 127. The van der Waals surface area contributed by atoms with Gasteiger partial charge in [-0.3, -0.25) is 9.89 Å². The van der Waals surface area contributed by atoms with Gasteiger partial charge in [0.25, 0.3) is 0 Å². The van der Waals surface area contributed by atoms with E-state index >= 15 is 0 Å². The van der Waals surface area contributed by atoms with Crippen LogP contribution in [0.2, 0.25) is 0 Å². The highest BCUT2D eigenvalue weighted by Crippen LogP contribution is 2.36. The number of ether oxygens (including phenoxy) is 1. The van der Waals surface area contributed by atoms with Crippen LogP contribution in [0.3, 0.4) is 0 Å². The average molecular weight is 557 g/mol. The standard InChI is InChI=1S/C24H36N4OS.HI/c1-25-24(26-14-8-16-29-17-13-20-9-4-3-5-10-20)27-19-21-11-6-15-28(2)23(21)22-12-7-18-30-22;/h3-5,7,9-10,12,18,21,23H,6,8,11,13-17,19H2,1-2H3,(H2,25,26,27);1H.